The van der Waals surface area contributed by atoms with Crippen LogP contribution in [0.5, 0.6) is 0 Å². The van der Waals surface area contributed by atoms with E-state index < -0.39 is 0 Å². The fraction of sp³-hybridized carbons (Fsp3) is 0.231. The molecule has 0 aliphatic carbocycles. The van der Waals surface area contributed by atoms with Crippen molar-refractivity contribution in [3.63, 3.8) is 0 Å². The number of nitrogens with zero attached hydrogens (tertiary/aromatic N) is 1. The van der Waals surface area contributed by atoms with Gasteiger partial charge in [-0.15, -0.1) is 12.4 Å². The Morgan fingerprint density at radius 2 is 1.48 bits per heavy atom. The Hall–Kier alpha value is -2.86. The molecule has 0 spiro atoms. The molecule has 2 N–H and O–H groups in total. The number of hydrogen-bond donors (Lipinski definition) is 2. The summed E-state index contributed by atoms with van der Waals surface area (Å²) >= 11 is 5.91. The van der Waals surface area contributed by atoms with Gasteiger partial charge in [-0.05, 0) is 67.9 Å². The van der Waals surface area contributed by atoms with Crippen molar-refractivity contribution >= 4 is 47.2 Å². The SMILES string of the molecule is Cl.O=C(Nc1ccc(Cl)cc1)c1ccccc1NC(=O)C1CCN(Cc2ccccc2)CC1. The van der Waals surface area contributed by atoms with Crippen LogP contribution in [0.3, 0.4) is 0 Å². The van der Waals surface area contributed by atoms with Gasteiger partial charge < -0.3 is 10.6 Å². The largest absolute Gasteiger partial charge is 0.325 e. The van der Waals surface area contributed by atoms with Gasteiger partial charge in [0.25, 0.3) is 5.91 Å². The Morgan fingerprint density at radius 3 is 2.18 bits per heavy atom. The molecule has 0 saturated carbocycles. The summed E-state index contributed by atoms with van der Waals surface area (Å²) in [5, 5.41) is 6.44. The lowest BCUT2D eigenvalue weighted by molar-refractivity contribution is -0.121. The van der Waals surface area contributed by atoms with Gasteiger partial charge in [-0.1, -0.05) is 54.1 Å². The van der Waals surface area contributed by atoms with E-state index in [9.17, 15) is 9.59 Å². The van der Waals surface area contributed by atoms with Crippen LogP contribution in [0.4, 0.5) is 11.4 Å². The first-order valence-corrected chi connectivity index (χ1v) is 11.2. The molecule has 33 heavy (non-hydrogen) atoms. The summed E-state index contributed by atoms with van der Waals surface area (Å²) in [6.45, 7) is 2.67. The third-order valence-corrected chi connectivity index (χ3v) is 5.99. The lowest BCUT2D eigenvalue weighted by atomic mass is 9.95. The minimum atomic E-state index is -0.277. The van der Waals surface area contributed by atoms with E-state index in [2.05, 4.69) is 39.8 Å². The van der Waals surface area contributed by atoms with Gasteiger partial charge in [0, 0.05) is 23.2 Å². The van der Waals surface area contributed by atoms with Crippen LogP contribution in [0.15, 0.2) is 78.9 Å². The van der Waals surface area contributed by atoms with Crippen LogP contribution in [-0.4, -0.2) is 29.8 Å². The number of rotatable bonds is 6. The lowest BCUT2D eigenvalue weighted by Gasteiger charge is -2.31. The fourth-order valence-electron chi connectivity index (χ4n) is 3.95. The monoisotopic (exact) mass is 483 g/mol. The summed E-state index contributed by atoms with van der Waals surface area (Å²) < 4.78 is 0. The van der Waals surface area contributed by atoms with Gasteiger partial charge in [0.15, 0.2) is 0 Å². The van der Waals surface area contributed by atoms with E-state index in [1.54, 1.807) is 42.5 Å². The Morgan fingerprint density at radius 1 is 0.848 bits per heavy atom. The highest BCUT2D eigenvalue weighted by Gasteiger charge is 2.26. The molecule has 2 amide bonds. The number of carbonyl (C=O) groups excluding carboxylic acids is 2. The van der Waals surface area contributed by atoms with Crippen molar-refractivity contribution in [3.8, 4) is 0 Å². The standard InChI is InChI=1S/C26H26ClN3O2.ClH/c27-21-10-12-22(13-11-21)28-26(32)23-8-4-5-9-24(23)29-25(31)20-14-16-30(17-15-20)18-19-6-2-1-3-7-19;/h1-13,20H,14-18H2,(H,28,32)(H,29,31);1H. The molecule has 4 rings (SSSR count). The van der Waals surface area contributed by atoms with Gasteiger partial charge in [-0.2, -0.15) is 0 Å². The molecular formula is C26H27Cl2N3O2. The molecule has 0 atom stereocenters. The van der Waals surface area contributed by atoms with Crippen LogP contribution in [0.2, 0.25) is 5.02 Å². The van der Waals surface area contributed by atoms with Gasteiger partial charge in [0.2, 0.25) is 5.91 Å². The number of nitrogens with one attached hydrogen (secondary N) is 2. The molecule has 1 saturated heterocycles. The maximum absolute atomic E-state index is 12.9. The Balaban J connectivity index is 0.00000306. The van der Waals surface area contributed by atoms with Gasteiger partial charge >= 0.3 is 0 Å². The third-order valence-electron chi connectivity index (χ3n) is 5.74. The maximum atomic E-state index is 12.9. The number of halogens is 2. The molecule has 3 aromatic carbocycles. The molecule has 5 nitrogen and oxygen atoms in total. The summed E-state index contributed by atoms with van der Waals surface area (Å²) in [5.41, 5.74) is 2.88. The second kappa shape index (κ2) is 11.8. The van der Waals surface area contributed by atoms with Crippen LogP contribution in [-0.2, 0) is 11.3 Å². The van der Waals surface area contributed by atoms with Crippen LogP contribution in [0.1, 0.15) is 28.8 Å². The number of benzene rings is 3. The quantitative estimate of drug-likeness (QED) is 0.461. The summed E-state index contributed by atoms with van der Waals surface area (Å²) in [7, 11) is 0. The zero-order chi connectivity index (χ0) is 22.3. The van der Waals surface area contributed by atoms with E-state index >= 15 is 0 Å². The van der Waals surface area contributed by atoms with Crippen LogP contribution in [0.25, 0.3) is 0 Å². The van der Waals surface area contributed by atoms with Crippen molar-refractivity contribution in [2.75, 3.05) is 23.7 Å². The Kier molecular flexibility index (Phi) is 8.89. The molecule has 1 heterocycles. The second-order valence-corrected chi connectivity index (χ2v) is 8.47. The molecule has 3 aromatic rings. The van der Waals surface area contributed by atoms with Gasteiger partial charge in [0.05, 0.1) is 11.3 Å². The number of anilines is 2. The zero-order valence-corrected chi connectivity index (χ0v) is 19.7. The number of carbonyl (C=O) groups is 2. The molecular weight excluding hydrogens is 457 g/mol. The average Bonchev–Trinajstić information content (AvgIpc) is 2.82. The average molecular weight is 484 g/mol. The predicted octanol–water partition coefficient (Wildman–Crippen LogP) is 5.86. The van der Waals surface area contributed by atoms with Crippen LogP contribution < -0.4 is 10.6 Å². The normalized spacial score (nSPS) is 14.2. The van der Waals surface area contributed by atoms with Crippen molar-refractivity contribution in [1.29, 1.82) is 0 Å². The van der Waals surface area contributed by atoms with Gasteiger partial charge in [-0.25, -0.2) is 0 Å². The molecule has 7 heteroatoms. The molecule has 0 unspecified atom stereocenters. The first-order valence-electron chi connectivity index (χ1n) is 10.8. The van der Waals surface area contributed by atoms with E-state index in [-0.39, 0.29) is 30.1 Å². The van der Waals surface area contributed by atoms with E-state index in [0.717, 1.165) is 32.5 Å². The number of para-hydroxylation sites is 1. The molecule has 172 valence electrons. The van der Waals surface area contributed by atoms with Crippen molar-refractivity contribution < 1.29 is 9.59 Å². The minimum absolute atomic E-state index is 0. The summed E-state index contributed by atoms with van der Waals surface area (Å²) in [5.74, 6) is -0.369. The van der Waals surface area contributed by atoms with E-state index in [0.29, 0.717) is 22.0 Å². The maximum Gasteiger partial charge on any atom is 0.257 e. The molecule has 1 aliphatic heterocycles. The first kappa shape index (κ1) is 24.8. The molecule has 0 bridgehead atoms. The molecule has 0 radical (unpaired) electrons. The third kappa shape index (κ3) is 6.81. The fourth-order valence-corrected chi connectivity index (χ4v) is 4.08. The lowest BCUT2D eigenvalue weighted by Crippen LogP contribution is -2.38. The highest BCUT2D eigenvalue weighted by Crippen LogP contribution is 2.23. The highest BCUT2D eigenvalue weighted by atomic mass is 35.5. The minimum Gasteiger partial charge on any atom is -0.325 e. The van der Waals surface area contributed by atoms with E-state index in [4.69, 9.17) is 11.6 Å². The van der Waals surface area contributed by atoms with E-state index in [1.165, 1.54) is 5.56 Å². The van der Waals surface area contributed by atoms with Crippen molar-refractivity contribution in [3.05, 3.63) is 95.0 Å². The zero-order valence-electron chi connectivity index (χ0n) is 18.2. The van der Waals surface area contributed by atoms with Crippen molar-refractivity contribution in [1.82, 2.24) is 4.90 Å². The Bertz CT molecular complexity index is 1070. The van der Waals surface area contributed by atoms with Gasteiger partial charge in [0.1, 0.15) is 0 Å². The summed E-state index contributed by atoms with van der Waals surface area (Å²) in [4.78, 5) is 28.1. The topological polar surface area (TPSA) is 61.4 Å². The van der Waals surface area contributed by atoms with Crippen molar-refractivity contribution in [2.24, 2.45) is 5.92 Å². The van der Waals surface area contributed by atoms with Gasteiger partial charge in [-0.3, -0.25) is 14.5 Å². The molecule has 1 aliphatic rings. The number of likely N-dealkylation sites (tertiary alicyclic amines) is 1. The first-order chi connectivity index (χ1) is 15.6. The summed E-state index contributed by atoms with van der Waals surface area (Å²) in [6.07, 6.45) is 1.61. The Labute approximate surface area is 205 Å². The number of piperidine rings is 1. The van der Waals surface area contributed by atoms with E-state index in [1.807, 2.05) is 12.1 Å². The second-order valence-electron chi connectivity index (χ2n) is 8.03. The van der Waals surface area contributed by atoms with Crippen LogP contribution in [0, 0.1) is 5.92 Å². The number of hydrogen-bond acceptors (Lipinski definition) is 3. The molecule has 0 aromatic heterocycles. The summed E-state index contributed by atoms with van der Waals surface area (Å²) in [6, 6.07) is 24.4. The predicted molar refractivity (Wildman–Crippen MR) is 136 cm³/mol. The van der Waals surface area contributed by atoms with Crippen LogP contribution >= 0.6 is 24.0 Å². The smallest absolute Gasteiger partial charge is 0.257 e. The highest BCUT2D eigenvalue weighted by molar-refractivity contribution is 6.30. The molecule has 1 fully saturated rings. The number of amides is 2. The van der Waals surface area contributed by atoms with Crippen molar-refractivity contribution in [2.45, 2.75) is 19.4 Å².